The number of hydrogen-bond donors (Lipinski definition) is 1. The Morgan fingerprint density at radius 1 is 1.38 bits per heavy atom. The summed E-state index contributed by atoms with van der Waals surface area (Å²) in [6.07, 6.45) is 1.95. The third-order valence-corrected chi connectivity index (χ3v) is 1.92. The summed E-state index contributed by atoms with van der Waals surface area (Å²) >= 11 is 0. The van der Waals surface area contributed by atoms with E-state index in [1.54, 1.807) is 24.3 Å². The van der Waals surface area contributed by atoms with Crippen molar-refractivity contribution in [3.8, 4) is 0 Å². The van der Waals surface area contributed by atoms with Crippen molar-refractivity contribution in [2.75, 3.05) is 5.32 Å². The van der Waals surface area contributed by atoms with Crippen molar-refractivity contribution >= 4 is 23.4 Å². The van der Waals surface area contributed by atoms with Gasteiger partial charge in [0.2, 0.25) is 12.0 Å². The third-order valence-electron chi connectivity index (χ3n) is 1.92. The summed E-state index contributed by atoms with van der Waals surface area (Å²) in [4.78, 5) is 24.9. The van der Waals surface area contributed by atoms with Crippen LogP contribution >= 0.6 is 0 Å². The van der Waals surface area contributed by atoms with E-state index in [0.29, 0.717) is 23.7 Å². The van der Waals surface area contributed by atoms with Crippen molar-refractivity contribution in [2.24, 2.45) is 10.9 Å². The predicted molar refractivity (Wildman–Crippen MR) is 62.3 cm³/mol. The molecule has 0 saturated carbocycles. The lowest BCUT2D eigenvalue weighted by Gasteiger charge is -2.06. The molecule has 0 aliphatic rings. The van der Waals surface area contributed by atoms with Crippen LogP contribution in [0.25, 0.3) is 0 Å². The van der Waals surface area contributed by atoms with E-state index < -0.39 is 0 Å². The molecule has 1 N–H and O–H groups in total. The molecule has 1 amide bonds. The average Bonchev–Trinajstić information content (AvgIpc) is 2.20. The highest BCUT2D eigenvalue weighted by Gasteiger charge is 2.04. The Hall–Kier alpha value is -1.93. The molecule has 84 valence electrons. The summed E-state index contributed by atoms with van der Waals surface area (Å²) in [7, 11) is 0. The van der Waals surface area contributed by atoms with Crippen LogP contribution in [0.2, 0.25) is 0 Å². The van der Waals surface area contributed by atoms with Crippen molar-refractivity contribution in [3.05, 3.63) is 24.3 Å². The Labute approximate surface area is 94.4 Å². The first kappa shape index (κ1) is 12.1. The van der Waals surface area contributed by atoms with E-state index in [-0.39, 0.29) is 5.91 Å². The zero-order chi connectivity index (χ0) is 12.0. The summed E-state index contributed by atoms with van der Waals surface area (Å²) in [5.74, 6) is 0.320. The molecule has 1 aromatic rings. The van der Waals surface area contributed by atoms with E-state index >= 15 is 0 Å². The second kappa shape index (κ2) is 5.83. The second-order valence-corrected chi connectivity index (χ2v) is 3.90. The average molecular weight is 218 g/mol. The largest absolute Gasteiger partial charge is 0.326 e. The number of hydrogen-bond acceptors (Lipinski definition) is 3. The monoisotopic (exact) mass is 218 g/mol. The molecule has 0 bridgehead atoms. The summed E-state index contributed by atoms with van der Waals surface area (Å²) in [6, 6.07) is 6.70. The Morgan fingerprint density at radius 2 is 2.00 bits per heavy atom. The molecule has 16 heavy (non-hydrogen) atoms. The van der Waals surface area contributed by atoms with Crippen LogP contribution in [0.3, 0.4) is 0 Å². The Bertz CT molecular complexity index is 404. The quantitative estimate of drug-likeness (QED) is 0.623. The van der Waals surface area contributed by atoms with Gasteiger partial charge in [-0.25, -0.2) is 4.79 Å². The molecule has 0 unspecified atom stereocenters. The zero-order valence-corrected chi connectivity index (χ0v) is 9.36. The molecule has 1 rings (SSSR count). The summed E-state index contributed by atoms with van der Waals surface area (Å²) in [6.45, 7) is 3.98. The minimum Gasteiger partial charge on any atom is -0.326 e. The Kier molecular flexibility index (Phi) is 4.42. The van der Waals surface area contributed by atoms with Gasteiger partial charge in [-0.1, -0.05) is 13.8 Å². The lowest BCUT2D eigenvalue weighted by atomic mass is 10.1. The standard InChI is InChI=1S/C12H14N2O2/c1-9(2)7-12(16)14-11-5-3-10(4-6-11)13-8-15/h3-6,9H,7H2,1-2H3,(H,14,16). The minimum absolute atomic E-state index is 0.0124. The van der Waals surface area contributed by atoms with Gasteiger partial charge >= 0.3 is 0 Å². The number of carbonyl (C=O) groups excluding carboxylic acids is 2. The molecule has 1 aromatic carbocycles. The van der Waals surface area contributed by atoms with Gasteiger partial charge in [0.25, 0.3) is 0 Å². The smallest absolute Gasteiger partial charge is 0.240 e. The first-order chi connectivity index (χ1) is 7.61. The molecule has 0 fully saturated rings. The maximum atomic E-state index is 11.4. The van der Waals surface area contributed by atoms with Crippen LogP contribution < -0.4 is 5.32 Å². The molecular formula is C12H14N2O2. The van der Waals surface area contributed by atoms with Crippen LogP contribution in [-0.4, -0.2) is 12.0 Å². The number of benzene rings is 1. The van der Waals surface area contributed by atoms with Crippen LogP contribution in [0, 0.1) is 5.92 Å². The van der Waals surface area contributed by atoms with E-state index in [0.717, 1.165) is 0 Å². The van der Waals surface area contributed by atoms with E-state index in [1.807, 2.05) is 13.8 Å². The second-order valence-electron chi connectivity index (χ2n) is 3.90. The van der Waals surface area contributed by atoms with Gasteiger partial charge in [0.1, 0.15) is 0 Å². The van der Waals surface area contributed by atoms with Gasteiger partial charge < -0.3 is 5.32 Å². The number of carbonyl (C=O) groups is 1. The van der Waals surface area contributed by atoms with Crippen LogP contribution in [0.15, 0.2) is 29.3 Å². The minimum atomic E-state index is -0.0124. The number of amides is 1. The topological polar surface area (TPSA) is 58.5 Å². The van der Waals surface area contributed by atoms with Crippen molar-refractivity contribution < 1.29 is 9.59 Å². The lowest BCUT2D eigenvalue weighted by molar-refractivity contribution is -0.116. The maximum Gasteiger partial charge on any atom is 0.240 e. The number of nitrogens with zero attached hydrogens (tertiary/aromatic N) is 1. The van der Waals surface area contributed by atoms with Crippen molar-refractivity contribution in [2.45, 2.75) is 20.3 Å². The van der Waals surface area contributed by atoms with E-state index in [4.69, 9.17) is 0 Å². The molecule has 0 radical (unpaired) electrons. The Morgan fingerprint density at radius 3 is 2.50 bits per heavy atom. The highest BCUT2D eigenvalue weighted by Crippen LogP contribution is 2.16. The van der Waals surface area contributed by atoms with Crippen LogP contribution in [0.1, 0.15) is 20.3 Å². The van der Waals surface area contributed by atoms with Gasteiger partial charge in [0.15, 0.2) is 0 Å². The number of nitrogens with one attached hydrogen (secondary N) is 1. The molecule has 0 heterocycles. The summed E-state index contributed by atoms with van der Waals surface area (Å²) in [5, 5.41) is 2.76. The van der Waals surface area contributed by atoms with Crippen LogP contribution in [0.5, 0.6) is 0 Å². The molecule has 0 aliphatic carbocycles. The molecule has 0 atom stereocenters. The summed E-state index contributed by atoms with van der Waals surface area (Å²) < 4.78 is 0. The first-order valence-corrected chi connectivity index (χ1v) is 5.09. The van der Waals surface area contributed by atoms with Gasteiger partial charge in [-0.3, -0.25) is 4.79 Å². The van der Waals surface area contributed by atoms with Crippen molar-refractivity contribution in [3.63, 3.8) is 0 Å². The van der Waals surface area contributed by atoms with Crippen LogP contribution in [0.4, 0.5) is 11.4 Å². The molecule has 4 nitrogen and oxygen atoms in total. The number of anilines is 1. The van der Waals surface area contributed by atoms with Gasteiger partial charge in [-0.2, -0.15) is 4.99 Å². The molecule has 0 spiro atoms. The number of aliphatic imine (C=N–C) groups is 1. The first-order valence-electron chi connectivity index (χ1n) is 5.09. The molecule has 0 aliphatic heterocycles. The number of rotatable bonds is 4. The zero-order valence-electron chi connectivity index (χ0n) is 9.36. The lowest BCUT2D eigenvalue weighted by Crippen LogP contribution is -2.13. The molecule has 4 heteroatoms. The highest BCUT2D eigenvalue weighted by atomic mass is 16.1. The van der Waals surface area contributed by atoms with Gasteiger partial charge in [0.05, 0.1) is 5.69 Å². The van der Waals surface area contributed by atoms with Gasteiger partial charge in [0, 0.05) is 12.1 Å². The highest BCUT2D eigenvalue weighted by molar-refractivity contribution is 5.90. The summed E-state index contributed by atoms with van der Waals surface area (Å²) in [5.41, 5.74) is 1.23. The van der Waals surface area contributed by atoms with Crippen molar-refractivity contribution in [1.29, 1.82) is 0 Å². The number of isocyanates is 1. The third kappa shape index (κ3) is 4.07. The molecule has 0 saturated heterocycles. The van der Waals surface area contributed by atoms with Gasteiger partial charge in [-0.15, -0.1) is 0 Å². The fourth-order valence-electron chi connectivity index (χ4n) is 1.25. The van der Waals surface area contributed by atoms with E-state index in [2.05, 4.69) is 10.3 Å². The predicted octanol–water partition coefficient (Wildman–Crippen LogP) is 2.64. The van der Waals surface area contributed by atoms with Gasteiger partial charge in [-0.05, 0) is 30.2 Å². The fourth-order valence-corrected chi connectivity index (χ4v) is 1.25. The molecule has 0 aromatic heterocycles. The maximum absolute atomic E-state index is 11.4. The van der Waals surface area contributed by atoms with E-state index in [1.165, 1.54) is 6.08 Å². The Balaban J connectivity index is 2.61. The van der Waals surface area contributed by atoms with Crippen LogP contribution in [-0.2, 0) is 9.59 Å². The van der Waals surface area contributed by atoms with E-state index in [9.17, 15) is 9.59 Å². The fraction of sp³-hybridized carbons (Fsp3) is 0.333. The molecular weight excluding hydrogens is 204 g/mol. The normalized spacial score (nSPS) is 9.69. The SMILES string of the molecule is CC(C)CC(=O)Nc1ccc(N=C=O)cc1. The van der Waals surface area contributed by atoms with Crippen molar-refractivity contribution in [1.82, 2.24) is 0 Å².